The second-order valence-electron chi connectivity index (χ2n) is 6.12. The lowest BCUT2D eigenvalue weighted by Gasteiger charge is -2.37. The van der Waals surface area contributed by atoms with Crippen molar-refractivity contribution < 1.29 is 14.5 Å². The lowest BCUT2D eigenvalue weighted by molar-refractivity contribution is -0.698. The Hall–Kier alpha value is -1.87. The molecule has 2 atom stereocenters. The first kappa shape index (κ1) is 17.5. The van der Waals surface area contributed by atoms with Crippen LogP contribution in [0.2, 0.25) is 0 Å². The zero-order chi connectivity index (χ0) is 15.4. The Morgan fingerprint density at radius 2 is 1.78 bits per heavy atom. The molecule has 1 saturated carbocycles. The lowest BCUT2D eigenvalue weighted by atomic mass is 9.71. The number of nitrogens with zero attached hydrogens (tertiary/aromatic N) is 1. The van der Waals surface area contributed by atoms with E-state index < -0.39 is 11.4 Å². The van der Waals surface area contributed by atoms with Crippen molar-refractivity contribution in [1.82, 2.24) is 0 Å². The Kier molecular flexibility index (Phi) is 5.78. The van der Waals surface area contributed by atoms with E-state index in [1.165, 1.54) is 0 Å². The van der Waals surface area contributed by atoms with E-state index in [1.54, 1.807) is 0 Å². The van der Waals surface area contributed by atoms with Crippen molar-refractivity contribution in [1.29, 1.82) is 0 Å². The standard InChI is InChI=1S/C19H21NO2.ClH/c21-18(22)19(16-8-3-1-4-9-16)12-7-10-17(19)11-15-20-13-5-2-6-14-20;/h1-6,8-9,13-14,17H,7,10-12,15H2;1H. The number of benzene rings is 1. The lowest BCUT2D eigenvalue weighted by Crippen LogP contribution is -2.49. The molecule has 122 valence electrons. The molecule has 1 aliphatic rings. The highest BCUT2D eigenvalue weighted by Gasteiger charge is 2.45. The average molecular weight is 332 g/mol. The third-order valence-corrected chi connectivity index (χ3v) is 4.99. The number of rotatable bonds is 5. The highest BCUT2D eigenvalue weighted by Crippen LogP contribution is 2.47. The van der Waals surface area contributed by atoms with Gasteiger partial charge in [0.1, 0.15) is 6.54 Å². The normalized spacial score (nSPS) is 23.2. The number of carboxylic acid groups (broad SMARTS) is 1. The summed E-state index contributed by atoms with van der Waals surface area (Å²) in [4.78, 5) is 12.0. The minimum atomic E-state index is -0.917. The van der Waals surface area contributed by atoms with Gasteiger partial charge in [-0.15, -0.1) is 12.4 Å². The van der Waals surface area contributed by atoms with Gasteiger partial charge in [0.25, 0.3) is 0 Å². The molecule has 0 N–H and O–H groups in total. The molecule has 0 radical (unpaired) electrons. The number of aromatic nitrogens is 1. The molecule has 1 aromatic carbocycles. The molecule has 0 aliphatic heterocycles. The summed E-state index contributed by atoms with van der Waals surface area (Å²) in [6, 6.07) is 15.6. The number of carboxylic acids is 1. The smallest absolute Gasteiger partial charge is 0.168 e. The Labute approximate surface area is 143 Å². The molecule has 1 aliphatic carbocycles. The molecule has 3 nitrogen and oxygen atoms in total. The van der Waals surface area contributed by atoms with Crippen molar-refractivity contribution in [3.63, 3.8) is 0 Å². The number of hydrogen-bond donors (Lipinski definition) is 0. The molecule has 1 aromatic heterocycles. The maximum atomic E-state index is 12.0. The van der Waals surface area contributed by atoms with Crippen LogP contribution in [0.4, 0.5) is 0 Å². The first-order valence-electron chi connectivity index (χ1n) is 7.94. The first-order chi connectivity index (χ1) is 10.7. The van der Waals surface area contributed by atoms with Crippen molar-refractivity contribution in [3.05, 3.63) is 66.5 Å². The molecular weight excluding hydrogens is 310 g/mol. The largest absolute Gasteiger partial charge is 0.549 e. The fourth-order valence-corrected chi connectivity index (χ4v) is 3.86. The van der Waals surface area contributed by atoms with Crippen molar-refractivity contribution in [2.45, 2.75) is 37.6 Å². The summed E-state index contributed by atoms with van der Waals surface area (Å²) in [5.41, 5.74) is 0.0759. The predicted molar refractivity (Wildman–Crippen MR) is 89.0 cm³/mol. The van der Waals surface area contributed by atoms with Crippen LogP contribution < -0.4 is 9.67 Å². The van der Waals surface area contributed by atoms with E-state index >= 15 is 0 Å². The molecule has 1 fully saturated rings. The van der Waals surface area contributed by atoms with Gasteiger partial charge in [-0.25, -0.2) is 4.57 Å². The molecule has 0 saturated heterocycles. The minimum absolute atomic E-state index is 0. The zero-order valence-electron chi connectivity index (χ0n) is 13.1. The summed E-state index contributed by atoms with van der Waals surface area (Å²) in [7, 11) is 0. The van der Waals surface area contributed by atoms with Crippen molar-refractivity contribution in [3.8, 4) is 0 Å². The zero-order valence-corrected chi connectivity index (χ0v) is 13.9. The second kappa shape index (κ2) is 7.60. The highest BCUT2D eigenvalue weighted by molar-refractivity contribution is 5.85. The third-order valence-electron chi connectivity index (χ3n) is 4.99. The Morgan fingerprint density at radius 1 is 1.13 bits per heavy atom. The number of carbonyl (C=O) groups excluding carboxylic acids is 1. The van der Waals surface area contributed by atoms with Crippen LogP contribution >= 0.6 is 12.4 Å². The van der Waals surface area contributed by atoms with E-state index in [9.17, 15) is 9.90 Å². The number of pyridine rings is 1. The molecule has 4 heteroatoms. The number of carbonyl (C=O) groups is 1. The second-order valence-corrected chi connectivity index (χ2v) is 6.12. The molecule has 2 aromatic rings. The van der Waals surface area contributed by atoms with E-state index in [2.05, 4.69) is 4.57 Å². The number of halogens is 1. The minimum Gasteiger partial charge on any atom is -0.549 e. The van der Waals surface area contributed by atoms with E-state index in [-0.39, 0.29) is 18.3 Å². The van der Waals surface area contributed by atoms with E-state index in [0.717, 1.165) is 31.4 Å². The summed E-state index contributed by atoms with van der Waals surface area (Å²) < 4.78 is 2.11. The van der Waals surface area contributed by atoms with Crippen LogP contribution in [-0.2, 0) is 16.8 Å². The van der Waals surface area contributed by atoms with Gasteiger partial charge in [0.05, 0.1) is 5.97 Å². The Balaban J connectivity index is 0.00000192. The molecule has 23 heavy (non-hydrogen) atoms. The van der Waals surface area contributed by atoms with Gasteiger partial charge >= 0.3 is 0 Å². The predicted octanol–water partition coefficient (Wildman–Crippen LogP) is 2.27. The van der Waals surface area contributed by atoms with E-state index in [4.69, 9.17) is 0 Å². The van der Waals surface area contributed by atoms with Gasteiger partial charge in [-0.2, -0.15) is 0 Å². The van der Waals surface area contributed by atoms with Crippen LogP contribution in [0.1, 0.15) is 31.2 Å². The van der Waals surface area contributed by atoms with Gasteiger partial charge in [0.2, 0.25) is 0 Å². The number of hydrogen-bond acceptors (Lipinski definition) is 2. The topological polar surface area (TPSA) is 44.0 Å². The molecule has 0 bridgehead atoms. The fourth-order valence-electron chi connectivity index (χ4n) is 3.86. The maximum Gasteiger partial charge on any atom is 0.168 e. The third kappa shape index (κ3) is 3.40. The van der Waals surface area contributed by atoms with Gasteiger partial charge in [0, 0.05) is 24.0 Å². The quantitative estimate of drug-likeness (QED) is 0.789. The van der Waals surface area contributed by atoms with Crippen LogP contribution in [0.15, 0.2) is 60.9 Å². The van der Waals surface area contributed by atoms with Crippen molar-refractivity contribution >= 4 is 18.4 Å². The van der Waals surface area contributed by atoms with Crippen LogP contribution in [0.25, 0.3) is 0 Å². The van der Waals surface area contributed by atoms with Crippen LogP contribution in [0.3, 0.4) is 0 Å². The molecule has 0 spiro atoms. The van der Waals surface area contributed by atoms with Crippen LogP contribution in [-0.4, -0.2) is 5.97 Å². The molecule has 3 rings (SSSR count). The molecule has 0 amide bonds. The maximum absolute atomic E-state index is 12.0. The fraction of sp³-hybridized carbons (Fsp3) is 0.368. The summed E-state index contributed by atoms with van der Waals surface area (Å²) in [5.74, 6) is -0.785. The van der Waals surface area contributed by atoms with Gasteiger partial charge in [-0.3, -0.25) is 0 Å². The number of aliphatic carboxylic acids is 1. The summed E-state index contributed by atoms with van der Waals surface area (Å²) in [6.07, 6.45) is 7.50. The van der Waals surface area contributed by atoms with E-state index in [1.807, 2.05) is 60.9 Å². The summed E-state index contributed by atoms with van der Waals surface area (Å²) in [5, 5.41) is 12.0. The monoisotopic (exact) mass is 331 g/mol. The SMILES string of the molecule is Cl.O=C([O-])C1(c2ccccc2)CCCC1CC[n+]1ccccc1. The van der Waals surface area contributed by atoms with Gasteiger partial charge in [-0.1, -0.05) is 42.8 Å². The Bertz CT molecular complexity index is 632. The van der Waals surface area contributed by atoms with E-state index in [0.29, 0.717) is 6.42 Å². The molecular formula is C19H22ClNO2. The van der Waals surface area contributed by atoms with Gasteiger partial charge in [0.15, 0.2) is 12.4 Å². The average Bonchev–Trinajstić information content (AvgIpc) is 3.00. The van der Waals surface area contributed by atoms with Crippen LogP contribution in [0, 0.1) is 5.92 Å². The van der Waals surface area contributed by atoms with Gasteiger partial charge < -0.3 is 9.90 Å². The highest BCUT2D eigenvalue weighted by atomic mass is 35.5. The first-order valence-corrected chi connectivity index (χ1v) is 7.94. The molecule has 2 unspecified atom stereocenters. The van der Waals surface area contributed by atoms with Crippen LogP contribution in [0.5, 0.6) is 0 Å². The summed E-state index contributed by atoms with van der Waals surface area (Å²) in [6.45, 7) is 0.841. The number of aryl methyl sites for hydroxylation is 1. The van der Waals surface area contributed by atoms with Crippen molar-refractivity contribution in [2.75, 3.05) is 0 Å². The molecule has 1 heterocycles. The van der Waals surface area contributed by atoms with Gasteiger partial charge in [-0.05, 0) is 24.3 Å². The Morgan fingerprint density at radius 3 is 2.43 bits per heavy atom. The van der Waals surface area contributed by atoms with Crippen molar-refractivity contribution in [2.24, 2.45) is 5.92 Å². The summed E-state index contributed by atoms with van der Waals surface area (Å²) >= 11 is 0.